The molecule has 0 radical (unpaired) electrons. The highest BCUT2D eigenvalue weighted by Gasteiger charge is 2.19. The molecule has 1 aliphatic heterocycles. The van der Waals surface area contributed by atoms with Crippen molar-refractivity contribution in [2.45, 2.75) is 0 Å². The Labute approximate surface area is 163 Å². The molecule has 0 fully saturated rings. The van der Waals surface area contributed by atoms with E-state index < -0.39 is 0 Å². The van der Waals surface area contributed by atoms with Crippen LogP contribution in [0.25, 0.3) is 6.08 Å². The lowest BCUT2D eigenvalue weighted by atomic mass is 10.0. The average molecular weight is 369 g/mol. The van der Waals surface area contributed by atoms with Crippen LogP contribution < -0.4 is 15.2 Å². The van der Waals surface area contributed by atoms with Crippen molar-refractivity contribution in [2.75, 3.05) is 11.9 Å². The molecular formula is C23H19N3O2. The monoisotopic (exact) mass is 369 g/mol. The quantitative estimate of drug-likeness (QED) is 0.409. The van der Waals surface area contributed by atoms with Gasteiger partial charge in [0.15, 0.2) is 5.75 Å². The van der Waals surface area contributed by atoms with E-state index in [4.69, 9.17) is 10.2 Å². The molecule has 0 aliphatic carbocycles. The molecule has 4 rings (SSSR count). The summed E-state index contributed by atoms with van der Waals surface area (Å²) in [6, 6.07) is 24.3. The van der Waals surface area contributed by atoms with Gasteiger partial charge in [0, 0.05) is 29.4 Å². The topological polar surface area (TPSA) is 65.4 Å². The number of rotatable bonds is 4. The van der Waals surface area contributed by atoms with E-state index in [0.29, 0.717) is 22.8 Å². The number of Topliss-reactive ketones (excluding diaryl/α,β-unsaturated/α-hetero) is 1. The second-order valence-electron chi connectivity index (χ2n) is 6.45. The number of nitrogens with zero attached hydrogens (tertiary/aromatic N) is 1. The summed E-state index contributed by atoms with van der Waals surface area (Å²) in [5, 5.41) is 8.43. The Morgan fingerprint density at radius 2 is 1.54 bits per heavy atom. The lowest BCUT2D eigenvalue weighted by Gasteiger charge is -2.20. The average Bonchev–Trinajstić information content (AvgIpc) is 2.78. The summed E-state index contributed by atoms with van der Waals surface area (Å²) in [5.41, 5.74) is 6.13. The lowest BCUT2D eigenvalue weighted by molar-refractivity contribution is 0.0988. The van der Waals surface area contributed by atoms with E-state index in [2.05, 4.69) is 5.48 Å². The molecule has 0 spiro atoms. The van der Waals surface area contributed by atoms with Crippen molar-refractivity contribution in [1.82, 2.24) is 5.48 Å². The van der Waals surface area contributed by atoms with Crippen LogP contribution in [0.3, 0.4) is 0 Å². The molecule has 0 bridgehead atoms. The molecule has 0 amide bonds. The van der Waals surface area contributed by atoms with Crippen LogP contribution in [-0.4, -0.2) is 18.7 Å². The second-order valence-corrected chi connectivity index (χ2v) is 6.45. The van der Waals surface area contributed by atoms with Gasteiger partial charge in [0.1, 0.15) is 11.5 Å². The van der Waals surface area contributed by atoms with Gasteiger partial charge in [0.05, 0.1) is 0 Å². The summed E-state index contributed by atoms with van der Waals surface area (Å²) >= 11 is 0. The third kappa shape index (κ3) is 3.38. The molecule has 3 aromatic rings. The molecule has 1 aliphatic rings. The molecule has 5 nitrogen and oxygen atoms in total. The van der Waals surface area contributed by atoms with Gasteiger partial charge in [-0.2, -0.15) is 0 Å². The minimum atomic E-state index is -0.163. The number of carbonyl (C=O) groups is 1. The molecule has 3 aromatic carbocycles. The number of nitrogens with one attached hydrogen (secondary N) is 2. The fourth-order valence-electron chi connectivity index (χ4n) is 3.01. The standard InChI is InChI=1S/C23H19N3O2/c1-26(19-8-3-2-4-9-19)23(24)17-13-11-16(12-14-17)22(27)20-15-18-7-5-6-10-21(18)28-25-20/h2-15,24-25H,1H3. The summed E-state index contributed by atoms with van der Waals surface area (Å²) in [6.07, 6.45) is 1.78. The Morgan fingerprint density at radius 1 is 0.893 bits per heavy atom. The van der Waals surface area contributed by atoms with E-state index in [-0.39, 0.29) is 5.78 Å². The second kappa shape index (κ2) is 7.40. The predicted molar refractivity (Wildman–Crippen MR) is 111 cm³/mol. The lowest BCUT2D eigenvalue weighted by Crippen LogP contribution is -2.27. The highest BCUT2D eigenvalue weighted by molar-refractivity contribution is 6.12. The SMILES string of the molecule is CN(C(=N)c1ccc(C(=O)C2=Cc3ccccc3ON2)cc1)c1ccccc1. The molecule has 0 saturated heterocycles. The Bertz CT molecular complexity index is 1060. The van der Waals surface area contributed by atoms with Crippen molar-refractivity contribution in [1.29, 1.82) is 5.41 Å². The molecular weight excluding hydrogens is 350 g/mol. The van der Waals surface area contributed by atoms with Crippen molar-refractivity contribution in [3.63, 3.8) is 0 Å². The number of anilines is 1. The summed E-state index contributed by atoms with van der Waals surface area (Å²) in [4.78, 5) is 20.0. The number of hydrogen-bond acceptors (Lipinski definition) is 4. The number of allylic oxidation sites excluding steroid dienone is 1. The van der Waals surface area contributed by atoms with E-state index in [9.17, 15) is 4.79 Å². The Kier molecular flexibility index (Phi) is 4.64. The van der Waals surface area contributed by atoms with Gasteiger partial charge in [-0.1, -0.05) is 60.7 Å². The Balaban J connectivity index is 1.53. The first-order valence-electron chi connectivity index (χ1n) is 8.89. The molecule has 28 heavy (non-hydrogen) atoms. The third-order valence-corrected chi connectivity index (χ3v) is 4.63. The first kappa shape index (κ1) is 17.5. The highest BCUT2D eigenvalue weighted by Crippen LogP contribution is 2.25. The number of hydrogen-bond donors (Lipinski definition) is 2. The highest BCUT2D eigenvalue weighted by atomic mass is 16.6. The fraction of sp³-hybridized carbons (Fsp3) is 0.0435. The minimum Gasteiger partial charge on any atom is -0.381 e. The van der Waals surface area contributed by atoms with Crippen molar-refractivity contribution >= 4 is 23.4 Å². The van der Waals surface area contributed by atoms with Crippen LogP contribution in [0.15, 0.2) is 84.6 Å². The maximum absolute atomic E-state index is 12.8. The molecule has 138 valence electrons. The minimum absolute atomic E-state index is 0.163. The summed E-state index contributed by atoms with van der Waals surface area (Å²) < 4.78 is 0. The van der Waals surface area contributed by atoms with E-state index >= 15 is 0 Å². The van der Waals surface area contributed by atoms with Crippen LogP contribution in [0.4, 0.5) is 5.69 Å². The number of amidine groups is 1. The predicted octanol–water partition coefficient (Wildman–Crippen LogP) is 4.27. The maximum atomic E-state index is 12.8. The van der Waals surface area contributed by atoms with Crippen LogP contribution >= 0.6 is 0 Å². The van der Waals surface area contributed by atoms with Crippen LogP contribution in [0.5, 0.6) is 5.75 Å². The van der Waals surface area contributed by atoms with Gasteiger partial charge < -0.3 is 9.74 Å². The van der Waals surface area contributed by atoms with Gasteiger partial charge in [-0.25, -0.2) is 5.48 Å². The molecule has 0 atom stereocenters. The number of ketones is 1. The van der Waals surface area contributed by atoms with E-state index in [1.807, 2.05) is 61.6 Å². The maximum Gasteiger partial charge on any atom is 0.212 e. The number of benzene rings is 3. The summed E-state index contributed by atoms with van der Waals surface area (Å²) in [5.74, 6) is 0.883. The normalized spacial score (nSPS) is 12.1. The van der Waals surface area contributed by atoms with Crippen molar-refractivity contribution in [3.05, 3.63) is 101 Å². The van der Waals surface area contributed by atoms with Gasteiger partial charge in [-0.05, 0) is 24.3 Å². The van der Waals surface area contributed by atoms with E-state index in [1.165, 1.54) is 0 Å². The number of hydroxylamine groups is 1. The third-order valence-electron chi connectivity index (χ3n) is 4.63. The molecule has 2 N–H and O–H groups in total. The Morgan fingerprint density at radius 3 is 2.29 bits per heavy atom. The van der Waals surface area contributed by atoms with Gasteiger partial charge in [0.2, 0.25) is 5.78 Å². The smallest absolute Gasteiger partial charge is 0.212 e. The molecule has 0 aromatic heterocycles. The molecule has 5 heteroatoms. The van der Waals surface area contributed by atoms with E-state index in [0.717, 1.165) is 16.8 Å². The van der Waals surface area contributed by atoms with Crippen LogP contribution in [0.1, 0.15) is 21.5 Å². The summed E-state index contributed by atoms with van der Waals surface area (Å²) in [7, 11) is 1.85. The number of para-hydroxylation sites is 2. The number of carbonyl (C=O) groups excluding carboxylic acids is 1. The summed E-state index contributed by atoms with van der Waals surface area (Å²) in [6.45, 7) is 0. The first-order valence-corrected chi connectivity index (χ1v) is 8.89. The zero-order chi connectivity index (χ0) is 19.5. The van der Waals surface area contributed by atoms with Gasteiger partial charge in [0.25, 0.3) is 0 Å². The first-order chi connectivity index (χ1) is 13.6. The van der Waals surface area contributed by atoms with Crippen molar-refractivity contribution in [2.24, 2.45) is 0 Å². The van der Waals surface area contributed by atoms with E-state index in [1.54, 1.807) is 35.2 Å². The van der Waals surface area contributed by atoms with Crippen LogP contribution in [-0.2, 0) is 0 Å². The van der Waals surface area contributed by atoms with Crippen LogP contribution in [0.2, 0.25) is 0 Å². The van der Waals surface area contributed by atoms with Crippen molar-refractivity contribution in [3.8, 4) is 5.75 Å². The van der Waals surface area contributed by atoms with Crippen molar-refractivity contribution < 1.29 is 9.63 Å². The van der Waals surface area contributed by atoms with Crippen LogP contribution in [0, 0.1) is 5.41 Å². The molecule has 0 saturated carbocycles. The largest absolute Gasteiger partial charge is 0.381 e. The molecule has 1 heterocycles. The van der Waals surface area contributed by atoms with Gasteiger partial charge in [-0.15, -0.1) is 0 Å². The van der Waals surface area contributed by atoms with Gasteiger partial charge in [-0.3, -0.25) is 10.2 Å². The zero-order valence-corrected chi connectivity index (χ0v) is 15.3. The fourth-order valence-corrected chi connectivity index (χ4v) is 3.01. The Hall–Kier alpha value is -3.86. The number of fused-ring (bicyclic) bond motifs is 1. The molecule has 0 unspecified atom stereocenters. The van der Waals surface area contributed by atoms with Gasteiger partial charge >= 0.3 is 0 Å². The zero-order valence-electron chi connectivity index (χ0n) is 15.3.